The average Bonchev–Trinajstić information content (AvgIpc) is 2.01. The third-order valence-electron chi connectivity index (χ3n) is 1.93. The average molecular weight is 196 g/mol. The molecule has 2 N–H and O–H groups in total. The summed E-state index contributed by atoms with van der Waals surface area (Å²) >= 11 is 0. The first kappa shape index (κ1) is 10.5. The molecule has 0 bridgehead atoms. The zero-order valence-corrected chi connectivity index (χ0v) is 7.81. The second-order valence-corrected chi connectivity index (χ2v) is 3.04. The number of aryl methyl sites for hydroxylation is 2. The van der Waals surface area contributed by atoms with Gasteiger partial charge in [-0.25, -0.2) is 0 Å². The highest BCUT2D eigenvalue weighted by atomic mass is 16.8. The number of carboxylic acid groups (broad SMARTS) is 1. The Morgan fingerprint density at radius 3 is 2.00 bits per heavy atom. The quantitative estimate of drug-likeness (QED) is 0.662. The Balaban J connectivity index is 3.32. The van der Waals surface area contributed by atoms with Gasteiger partial charge in [0.25, 0.3) is 0 Å². The summed E-state index contributed by atoms with van der Waals surface area (Å²) in [6, 6.07) is 2.63. The molecule has 76 valence electrons. The molecule has 1 rings (SSSR count). The SMILES string of the molecule is Cc1cc(C(=O)[O-])cc(C)c1N(O)O. The van der Waals surface area contributed by atoms with Gasteiger partial charge in [0.15, 0.2) is 0 Å². The van der Waals surface area contributed by atoms with Crippen molar-refractivity contribution in [2.45, 2.75) is 13.8 Å². The van der Waals surface area contributed by atoms with Gasteiger partial charge in [-0.05, 0) is 42.7 Å². The summed E-state index contributed by atoms with van der Waals surface area (Å²) in [7, 11) is 0. The summed E-state index contributed by atoms with van der Waals surface area (Å²) in [6.45, 7) is 3.16. The smallest absolute Gasteiger partial charge is 0.100 e. The standard InChI is InChI=1S/C9H11NO4/c1-5-3-7(9(11)12)4-6(2)8(5)10(13)14/h3-4,13-14H,1-2H3,(H,11,12)/p-1. The maximum absolute atomic E-state index is 10.5. The van der Waals surface area contributed by atoms with Crippen LogP contribution in [0, 0.1) is 13.8 Å². The van der Waals surface area contributed by atoms with Crippen molar-refractivity contribution in [2.75, 3.05) is 5.23 Å². The van der Waals surface area contributed by atoms with Crippen LogP contribution >= 0.6 is 0 Å². The fourth-order valence-corrected chi connectivity index (χ4v) is 1.39. The summed E-state index contributed by atoms with van der Waals surface area (Å²) in [6.07, 6.45) is 0. The second-order valence-electron chi connectivity index (χ2n) is 3.04. The Bertz CT molecular complexity index is 350. The van der Waals surface area contributed by atoms with Crippen LogP contribution in [0.2, 0.25) is 0 Å². The van der Waals surface area contributed by atoms with Crippen molar-refractivity contribution < 1.29 is 20.3 Å². The van der Waals surface area contributed by atoms with E-state index in [9.17, 15) is 9.90 Å². The summed E-state index contributed by atoms with van der Waals surface area (Å²) in [5.41, 5.74) is 1.10. The molecule has 0 heterocycles. The molecule has 0 aromatic heterocycles. The molecule has 0 saturated heterocycles. The molecular weight excluding hydrogens is 186 g/mol. The van der Waals surface area contributed by atoms with Gasteiger partial charge in [0.2, 0.25) is 0 Å². The van der Waals surface area contributed by atoms with Crippen LogP contribution in [0.3, 0.4) is 0 Å². The predicted molar refractivity (Wildman–Crippen MR) is 46.3 cm³/mol. The molecule has 0 aliphatic heterocycles. The molecule has 0 aliphatic rings. The van der Waals surface area contributed by atoms with E-state index in [1.54, 1.807) is 13.8 Å². The second kappa shape index (κ2) is 3.65. The molecule has 0 fully saturated rings. The number of carboxylic acids is 1. The van der Waals surface area contributed by atoms with Gasteiger partial charge in [-0.2, -0.15) is 0 Å². The van der Waals surface area contributed by atoms with Crippen LogP contribution < -0.4 is 10.3 Å². The van der Waals surface area contributed by atoms with E-state index in [1.807, 2.05) is 0 Å². The van der Waals surface area contributed by atoms with Crippen LogP contribution in [-0.4, -0.2) is 16.4 Å². The van der Waals surface area contributed by atoms with Gasteiger partial charge in [0, 0.05) is 0 Å². The lowest BCUT2D eigenvalue weighted by Gasteiger charge is -2.16. The van der Waals surface area contributed by atoms with Gasteiger partial charge in [-0.15, -0.1) is 5.23 Å². The van der Waals surface area contributed by atoms with Gasteiger partial charge in [0.1, 0.15) is 5.69 Å². The maximum Gasteiger partial charge on any atom is 0.100 e. The van der Waals surface area contributed by atoms with E-state index >= 15 is 0 Å². The summed E-state index contributed by atoms with van der Waals surface area (Å²) < 4.78 is 0. The zero-order chi connectivity index (χ0) is 10.9. The number of anilines is 1. The minimum atomic E-state index is -1.29. The zero-order valence-electron chi connectivity index (χ0n) is 7.81. The van der Waals surface area contributed by atoms with E-state index in [0.717, 1.165) is 0 Å². The molecular formula is C9H10NO4-. The van der Waals surface area contributed by atoms with Crippen LogP contribution in [0.15, 0.2) is 12.1 Å². The van der Waals surface area contributed by atoms with Gasteiger partial charge in [-0.3, -0.25) is 10.4 Å². The molecule has 14 heavy (non-hydrogen) atoms. The Morgan fingerprint density at radius 1 is 1.29 bits per heavy atom. The number of carbonyl (C=O) groups is 1. The van der Waals surface area contributed by atoms with Gasteiger partial charge in [-0.1, -0.05) is 0 Å². The van der Waals surface area contributed by atoms with Gasteiger partial charge >= 0.3 is 0 Å². The molecule has 5 nitrogen and oxygen atoms in total. The van der Waals surface area contributed by atoms with Crippen molar-refractivity contribution >= 4 is 11.7 Å². The Morgan fingerprint density at radius 2 is 1.71 bits per heavy atom. The number of benzene rings is 1. The van der Waals surface area contributed by atoms with E-state index in [-0.39, 0.29) is 16.5 Å². The monoisotopic (exact) mass is 196 g/mol. The Kier molecular flexibility index (Phi) is 2.73. The van der Waals surface area contributed by atoms with Crippen LogP contribution in [0.4, 0.5) is 5.69 Å². The van der Waals surface area contributed by atoms with E-state index in [0.29, 0.717) is 11.1 Å². The van der Waals surface area contributed by atoms with Crippen molar-refractivity contribution in [1.82, 2.24) is 0 Å². The van der Waals surface area contributed by atoms with Crippen LogP contribution in [0.1, 0.15) is 21.5 Å². The highest BCUT2D eigenvalue weighted by molar-refractivity contribution is 5.87. The third kappa shape index (κ3) is 1.84. The molecule has 1 aromatic carbocycles. The lowest BCUT2D eigenvalue weighted by molar-refractivity contribution is -0.255. The number of nitrogens with zero attached hydrogens (tertiary/aromatic N) is 1. The highest BCUT2D eigenvalue weighted by Gasteiger charge is 2.09. The first-order valence-corrected chi connectivity index (χ1v) is 3.94. The number of hydrogen-bond donors (Lipinski definition) is 2. The van der Waals surface area contributed by atoms with E-state index in [2.05, 4.69) is 0 Å². The van der Waals surface area contributed by atoms with Gasteiger partial charge < -0.3 is 9.90 Å². The van der Waals surface area contributed by atoms with E-state index in [4.69, 9.17) is 10.4 Å². The van der Waals surface area contributed by atoms with Crippen molar-refractivity contribution in [2.24, 2.45) is 0 Å². The fourth-order valence-electron chi connectivity index (χ4n) is 1.39. The van der Waals surface area contributed by atoms with E-state index < -0.39 is 5.97 Å². The lowest BCUT2D eigenvalue weighted by Crippen LogP contribution is -2.23. The van der Waals surface area contributed by atoms with E-state index in [1.165, 1.54) is 12.1 Å². The molecule has 0 saturated carbocycles. The summed E-state index contributed by atoms with van der Waals surface area (Å²) in [5.74, 6) is -1.29. The first-order chi connectivity index (χ1) is 6.43. The number of hydrogen-bond acceptors (Lipinski definition) is 5. The number of rotatable bonds is 2. The molecule has 0 radical (unpaired) electrons. The molecule has 1 aromatic rings. The Labute approximate surface area is 80.7 Å². The molecule has 0 spiro atoms. The topological polar surface area (TPSA) is 83.8 Å². The van der Waals surface area contributed by atoms with Crippen molar-refractivity contribution in [3.8, 4) is 0 Å². The maximum atomic E-state index is 10.5. The fraction of sp³-hybridized carbons (Fsp3) is 0.222. The molecule has 0 aliphatic carbocycles. The normalized spacial score (nSPS) is 10.0. The van der Waals surface area contributed by atoms with Crippen LogP contribution in [-0.2, 0) is 0 Å². The number of aromatic carboxylic acids is 1. The predicted octanol–water partition coefficient (Wildman–Crippen LogP) is 0.252. The highest BCUT2D eigenvalue weighted by Crippen LogP contribution is 2.23. The first-order valence-electron chi connectivity index (χ1n) is 3.94. The molecule has 0 atom stereocenters. The van der Waals surface area contributed by atoms with Crippen LogP contribution in [0.25, 0.3) is 0 Å². The number of carbonyl (C=O) groups excluding carboxylic acids is 1. The molecule has 0 unspecified atom stereocenters. The lowest BCUT2D eigenvalue weighted by atomic mass is 10.0. The summed E-state index contributed by atoms with van der Waals surface area (Å²) in [4.78, 5) is 10.5. The van der Waals surface area contributed by atoms with Crippen molar-refractivity contribution in [3.05, 3.63) is 28.8 Å². The van der Waals surface area contributed by atoms with Crippen molar-refractivity contribution in [3.63, 3.8) is 0 Å². The minimum Gasteiger partial charge on any atom is -0.545 e. The third-order valence-corrected chi connectivity index (χ3v) is 1.93. The summed E-state index contributed by atoms with van der Waals surface area (Å²) in [5, 5.41) is 28.2. The Hall–Kier alpha value is -1.59. The van der Waals surface area contributed by atoms with Crippen LogP contribution in [0.5, 0.6) is 0 Å². The molecule has 0 amide bonds. The molecule has 5 heteroatoms. The van der Waals surface area contributed by atoms with Crippen molar-refractivity contribution in [1.29, 1.82) is 0 Å². The largest absolute Gasteiger partial charge is 0.545 e. The minimum absolute atomic E-state index is 0.0191. The van der Waals surface area contributed by atoms with Gasteiger partial charge in [0.05, 0.1) is 5.97 Å².